The van der Waals surface area contributed by atoms with Crippen LogP contribution in [0.4, 0.5) is 0 Å². The summed E-state index contributed by atoms with van der Waals surface area (Å²) in [4.78, 5) is 0.292. The molecule has 0 spiro atoms. The van der Waals surface area contributed by atoms with E-state index in [-0.39, 0.29) is 5.75 Å². The molecule has 0 bridgehead atoms. The highest BCUT2D eigenvalue weighted by Crippen LogP contribution is 2.20. The quantitative estimate of drug-likeness (QED) is 0.391. The second-order valence-electron chi connectivity index (χ2n) is 6.39. The molecule has 0 aliphatic rings. The first kappa shape index (κ1) is 20.4. The predicted octanol–water partition coefficient (Wildman–Crippen LogP) is 3.66. The van der Waals surface area contributed by atoms with Crippen molar-refractivity contribution < 1.29 is 13.2 Å². The van der Waals surface area contributed by atoms with Crippen molar-refractivity contribution in [1.29, 1.82) is 0 Å². The topological polar surface area (TPSA) is 74.1 Å². The van der Waals surface area contributed by atoms with Crippen molar-refractivity contribution in [3.63, 3.8) is 0 Å². The fourth-order valence-corrected chi connectivity index (χ4v) is 4.70. The van der Waals surface area contributed by atoms with E-state index in [0.717, 1.165) is 17.9 Å². The van der Waals surface area contributed by atoms with Gasteiger partial charge in [-0.25, -0.2) is 8.42 Å². The third-order valence-electron chi connectivity index (χ3n) is 4.16. The second-order valence-corrected chi connectivity index (χ2v) is 9.45. The normalized spacial score (nSPS) is 11.5. The van der Waals surface area contributed by atoms with E-state index in [1.807, 2.05) is 31.2 Å². The summed E-state index contributed by atoms with van der Waals surface area (Å²) in [6.45, 7) is 2.66. The Kier molecular flexibility index (Phi) is 6.74. The highest BCUT2D eigenvalue weighted by Gasteiger charge is 2.19. The van der Waals surface area contributed by atoms with E-state index >= 15 is 0 Å². The minimum atomic E-state index is -3.44. The summed E-state index contributed by atoms with van der Waals surface area (Å²) in [7, 11) is -1.65. The minimum absolute atomic E-state index is 0.169. The van der Waals surface area contributed by atoms with E-state index in [1.54, 1.807) is 53.7 Å². The van der Waals surface area contributed by atoms with Crippen molar-refractivity contribution in [3.8, 4) is 5.75 Å². The molecule has 148 valence electrons. The molecule has 3 aromatic rings. The fraction of sp³-hybridized carbons (Fsp3) is 0.300. The number of nitrogens with zero attached hydrogens (tertiary/aromatic N) is 3. The number of aryl methyl sites for hydroxylation is 1. The first-order chi connectivity index (χ1) is 13.5. The SMILES string of the molecule is Cc1ccc(OCCCSc2nnc(CS(=O)(=O)c3ccccc3)n2C)cc1. The fourth-order valence-electron chi connectivity index (χ4n) is 2.52. The summed E-state index contributed by atoms with van der Waals surface area (Å²) in [5, 5.41) is 8.89. The molecule has 2 aromatic carbocycles. The minimum Gasteiger partial charge on any atom is -0.494 e. The summed E-state index contributed by atoms with van der Waals surface area (Å²) < 4.78 is 32.5. The number of sulfone groups is 1. The zero-order valence-corrected chi connectivity index (χ0v) is 17.5. The first-order valence-corrected chi connectivity index (χ1v) is 11.6. The van der Waals surface area contributed by atoms with E-state index in [1.165, 1.54) is 5.56 Å². The van der Waals surface area contributed by atoms with Crippen molar-refractivity contribution >= 4 is 21.6 Å². The molecule has 0 unspecified atom stereocenters. The van der Waals surface area contributed by atoms with E-state index < -0.39 is 9.84 Å². The molecule has 3 rings (SSSR count). The van der Waals surface area contributed by atoms with Gasteiger partial charge < -0.3 is 9.30 Å². The lowest BCUT2D eigenvalue weighted by Crippen LogP contribution is -2.09. The van der Waals surface area contributed by atoms with Gasteiger partial charge in [0.2, 0.25) is 0 Å². The van der Waals surface area contributed by atoms with Gasteiger partial charge in [0, 0.05) is 12.8 Å². The Labute approximate surface area is 169 Å². The van der Waals surface area contributed by atoms with Crippen LogP contribution in [-0.4, -0.2) is 35.5 Å². The molecule has 0 aliphatic heterocycles. The van der Waals surface area contributed by atoms with Gasteiger partial charge in [-0.1, -0.05) is 47.7 Å². The summed E-state index contributed by atoms with van der Waals surface area (Å²) in [6, 6.07) is 16.4. The Morgan fingerprint density at radius 1 is 1.04 bits per heavy atom. The average molecular weight is 418 g/mol. The lowest BCUT2D eigenvalue weighted by molar-refractivity contribution is 0.318. The standard InChI is InChI=1S/C20H23N3O3S2/c1-16-9-11-17(12-10-16)26-13-6-14-27-20-22-21-19(23(20)2)15-28(24,25)18-7-4-3-5-8-18/h3-5,7-12H,6,13-15H2,1-2H3. The van der Waals surface area contributed by atoms with Crippen LogP contribution in [-0.2, 0) is 22.6 Å². The van der Waals surface area contributed by atoms with Crippen LogP contribution in [0.3, 0.4) is 0 Å². The molecule has 6 nitrogen and oxygen atoms in total. The Morgan fingerprint density at radius 2 is 1.75 bits per heavy atom. The van der Waals surface area contributed by atoms with Crippen molar-refractivity contribution in [1.82, 2.24) is 14.8 Å². The summed E-state index contributed by atoms with van der Waals surface area (Å²) >= 11 is 1.54. The second kappa shape index (κ2) is 9.25. The van der Waals surface area contributed by atoms with Gasteiger partial charge >= 0.3 is 0 Å². The van der Waals surface area contributed by atoms with Gasteiger partial charge in [0.05, 0.1) is 11.5 Å². The van der Waals surface area contributed by atoms with Gasteiger partial charge in [0.15, 0.2) is 15.0 Å². The van der Waals surface area contributed by atoms with Crippen molar-refractivity contribution in [2.45, 2.75) is 29.1 Å². The molecule has 0 aliphatic carbocycles. The molecule has 28 heavy (non-hydrogen) atoms. The molecule has 0 fully saturated rings. The van der Waals surface area contributed by atoms with Crippen LogP contribution < -0.4 is 4.74 Å². The van der Waals surface area contributed by atoms with Crippen LogP contribution >= 0.6 is 11.8 Å². The number of rotatable bonds is 9. The van der Waals surface area contributed by atoms with Gasteiger partial charge in [0.1, 0.15) is 17.3 Å². The summed E-state index contributed by atoms with van der Waals surface area (Å²) in [6.07, 6.45) is 0.850. The van der Waals surface area contributed by atoms with Gasteiger partial charge in [-0.2, -0.15) is 0 Å². The Morgan fingerprint density at radius 3 is 2.46 bits per heavy atom. The lowest BCUT2D eigenvalue weighted by atomic mass is 10.2. The smallest absolute Gasteiger partial charge is 0.190 e. The Balaban J connectivity index is 1.50. The van der Waals surface area contributed by atoms with Crippen LogP contribution in [0.15, 0.2) is 64.6 Å². The highest BCUT2D eigenvalue weighted by atomic mass is 32.2. The number of hydrogen-bond donors (Lipinski definition) is 0. The Hall–Kier alpha value is -2.32. The van der Waals surface area contributed by atoms with E-state index in [0.29, 0.717) is 22.5 Å². The van der Waals surface area contributed by atoms with E-state index in [2.05, 4.69) is 10.2 Å². The number of ether oxygens (including phenoxy) is 1. The van der Waals surface area contributed by atoms with E-state index in [9.17, 15) is 8.42 Å². The largest absolute Gasteiger partial charge is 0.494 e. The van der Waals surface area contributed by atoms with Crippen LogP contribution in [0.5, 0.6) is 5.75 Å². The van der Waals surface area contributed by atoms with Gasteiger partial charge in [0.25, 0.3) is 0 Å². The lowest BCUT2D eigenvalue weighted by Gasteiger charge is -2.07. The van der Waals surface area contributed by atoms with Crippen LogP contribution in [0.1, 0.15) is 17.8 Å². The molecule has 8 heteroatoms. The van der Waals surface area contributed by atoms with Gasteiger partial charge in [-0.3, -0.25) is 0 Å². The van der Waals surface area contributed by atoms with Gasteiger partial charge in [-0.05, 0) is 37.6 Å². The third kappa shape index (κ3) is 5.36. The number of aromatic nitrogens is 3. The number of thioether (sulfide) groups is 1. The molecule has 0 saturated carbocycles. The maximum Gasteiger partial charge on any atom is 0.190 e. The molecule has 1 aromatic heterocycles. The molecule has 0 atom stereocenters. The monoisotopic (exact) mass is 417 g/mol. The maximum atomic E-state index is 12.5. The molecular formula is C20H23N3O3S2. The maximum absolute atomic E-state index is 12.5. The zero-order chi connectivity index (χ0) is 20.0. The molecule has 1 heterocycles. The summed E-state index contributed by atoms with van der Waals surface area (Å²) in [5.41, 5.74) is 1.20. The first-order valence-electron chi connectivity index (χ1n) is 8.94. The van der Waals surface area contributed by atoms with Crippen LogP contribution in [0, 0.1) is 6.92 Å². The predicted molar refractivity (Wildman–Crippen MR) is 110 cm³/mol. The van der Waals surface area contributed by atoms with Crippen LogP contribution in [0.2, 0.25) is 0 Å². The molecule has 0 N–H and O–H groups in total. The van der Waals surface area contributed by atoms with Gasteiger partial charge in [-0.15, -0.1) is 10.2 Å². The molecule has 0 saturated heterocycles. The Bertz CT molecular complexity index is 1000. The van der Waals surface area contributed by atoms with E-state index in [4.69, 9.17) is 4.74 Å². The third-order valence-corrected chi connectivity index (χ3v) is 6.89. The molecular weight excluding hydrogens is 394 g/mol. The van der Waals surface area contributed by atoms with Crippen molar-refractivity contribution in [2.24, 2.45) is 7.05 Å². The number of benzene rings is 2. The highest BCUT2D eigenvalue weighted by molar-refractivity contribution is 7.99. The number of hydrogen-bond acceptors (Lipinski definition) is 6. The molecule has 0 amide bonds. The van der Waals surface area contributed by atoms with Crippen molar-refractivity contribution in [2.75, 3.05) is 12.4 Å². The zero-order valence-electron chi connectivity index (χ0n) is 15.9. The van der Waals surface area contributed by atoms with Crippen molar-refractivity contribution in [3.05, 3.63) is 66.0 Å². The summed E-state index contributed by atoms with van der Waals surface area (Å²) in [5.74, 6) is 1.94. The molecule has 0 radical (unpaired) electrons. The van der Waals surface area contributed by atoms with Crippen LogP contribution in [0.25, 0.3) is 0 Å². The average Bonchev–Trinajstić information content (AvgIpc) is 3.03.